The first-order chi connectivity index (χ1) is 7.68. The lowest BCUT2D eigenvalue weighted by atomic mass is 10.1. The van der Waals surface area contributed by atoms with Gasteiger partial charge in [0.15, 0.2) is 0 Å². The molecule has 0 bridgehead atoms. The Morgan fingerprint density at radius 1 is 1.00 bits per heavy atom. The number of carbonyl (C=O) groups excluding carboxylic acids is 1. The molecule has 95 valence electrons. The summed E-state index contributed by atoms with van der Waals surface area (Å²) in [7, 11) is 3.40. The number of hydrogen-bond acceptors (Lipinski definition) is 2. The van der Waals surface area contributed by atoms with Gasteiger partial charge in [0.1, 0.15) is 0 Å². The molecule has 0 N–H and O–H groups in total. The second kappa shape index (κ2) is 10.8. The third-order valence-corrected chi connectivity index (χ3v) is 2.49. The molecule has 3 nitrogen and oxygen atoms in total. The fraction of sp³-hybridized carbons (Fsp3) is 0.846. The number of hydrogen-bond donors (Lipinski definition) is 0. The summed E-state index contributed by atoms with van der Waals surface area (Å²) in [4.78, 5) is 12.5. The average molecular weight is 228 g/mol. The van der Waals surface area contributed by atoms with Gasteiger partial charge in [0, 0.05) is 14.1 Å². The van der Waals surface area contributed by atoms with Crippen LogP contribution in [0.4, 0.5) is 4.79 Å². The van der Waals surface area contributed by atoms with Crippen LogP contribution in [0, 0.1) is 6.92 Å². The van der Waals surface area contributed by atoms with Crippen LogP contribution in [-0.4, -0.2) is 31.7 Å². The number of nitrogens with zero attached hydrogens (tertiary/aromatic N) is 1. The van der Waals surface area contributed by atoms with Gasteiger partial charge in [0.05, 0.1) is 6.61 Å². The summed E-state index contributed by atoms with van der Waals surface area (Å²) >= 11 is 0. The number of rotatable bonds is 9. The highest BCUT2D eigenvalue weighted by Gasteiger charge is 2.02. The molecule has 0 rings (SSSR count). The van der Waals surface area contributed by atoms with Crippen molar-refractivity contribution in [3.05, 3.63) is 6.92 Å². The van der Waals surface area contributed by atoms with Crippen molar-refractivity contribution < 1.29 is 9.53 Å². The van der Waals surface area contributed by atoms with Gasteiger partial charge in [0.2, 0.25) is 0 Å². The van der Waals surface area contributed by atoms with Crippen molar-refractivity contribution in [2.24, 2.45) is 0 Å². The van der Waals surface area contributed by atoms with Crippen LogP contribution in [0.15, 0.2) is 0 Å². The standard InChI is InChI=1S/C13H26NO2/c1-4-5-6-7-8-9-10-11-12-16-13(15)14(2)3/h1,4-12H2,2-3H3. The van der Waals surface area contributed by atoms with E-state index >= 15 is 0 Å². The van der Waals surface area contributed by atoms with Gasteiger partial charge in [-0.2, -0.15) is 0 Å². The van der Waals surface area contributed by atoms with Crippen molar-refractivity contribution in [2.45, 2.75) is 51.4 Å². The van der Waals surface area contributed by atoms with Gasteiger partial charge in [0.25, 0.3) is 0 Å². The van der Waals surface area contributed by atoms with E-state index in [0.717, 1.165) is 19.3 Å². The van der Waals surface area contributed by atoms with Crippen LogP contribution in [0.2, 0.25) is 0 Å². The topological polar surface area (TPSA) is 29.5 Å². The zero-order valence-corrected chi connectivity index (χ0v) is 10.8. The van der Waals surface area contributed by atoms with E-state index in [2.05, 4.69) is 6.92 Å². The molecular formula is C13H26NO2. The predicted octanol–water partition coefficient (Wildman–Crippen LogP) is 3.64. The molecule has 1 radical (unpaired) electrons. The highest BCUT2D eigenvalue weighted by molar-refractivity contribution is 5.66. The maximum Gasteiger partial charge on any atom is 0.409 e. The monoisotopic (exact) mass is 228 g/mol. The van der Waals surface area contributed by atoms with Crippen LogP contribution < -0.4 is 0 Å². The van der Waals surface area contributed by atoms with E-state index in [9.17, 15) is 4.79 Å². The zero-order valence-electron chi connectivity index (χ0n) is 10.8. The first-order valence-electron chi connectivity index (χ1n) is 6.31. The fourth-order valence-electron chi connectivity index (χ4n) is 1.45. The molecule has 0 aromatic rings. The summed E-state index contributed by atoms with van der Waals surface area (Å²) < 4.78 is 5.03. The van der Waals surface area contributed by atoms with E-state index in [0.29, 0.717) is 6.61 Å². The van der Waals surface area contributed by atoms with Crippen molar-refractivity contribution in [3.8, 4) is 0 Å². The normalized spacial score (nSPS) is 10.2. The zero-order chi connectivity index (χ0) is 12.2. The molecule has 0 atom stereocenters. The molecule has 0 aromatic carbocycles. The number of ether oxygens (including phenoxy) is 1. The molecule has 0 aliphatic carbocycles. The molecule has 0 spiro atoms. The minimum atomic E-state index is -0.240. The highest BCUT2D eigenvalue weighted by atomic mass is 16.6. The van der Waals surface area contributed by atoms with E-state index in [-0.39, 0.29) is 6.09 Å². The maximum atomic E-state index is 11.0. The third kappa shape index (κ3) is 9.81. The van der Waals surface area contributed by atoms with Crippen molar-refractivity contribution in [1.29, 1.82) is 0 Å². The van der Waals surface area contributed by atoms with Crippen LogP contribution in [0.25, 0.3) is 0 Å². The van der Waals surface area contributed by atoms with Gasteiger partial charge < -0.3 is 9.64 Å². The lowest BCUT2D eigenvalue weighted by Gasteiger charge is -2.10. The van der Waals surface area contributed by atoms with Gasteiger partial charge in [-0.3, -0.25) is 0 Å². The van der Waals surface area contributed by atoms with Crippen LogP contribution in [-0.2, 0) is 4.74 Å². The second-order valence-corrected chi connectivity index (χ2v) is 4.34. The van der Waals surface area contributed by atoms with Crippen LogP contribution in [0.1, 0.15) is 51.4 Å². The highest BCUT2D eigenvalue weighted by Crippen LogP contribution is 2.08. The Hall–Kier alpha value is -0.730. The average Bonchev–Trinajstić information content (AvgIpc) is 2.26. The molecule has 1 amide bonds. The van der Waals surface area contributed by atoms with Gasteiger partial charge in [-0.25, -0.2) is 4.79 Å². The summed E-state index contributed by atoms with van der Waals surface area (Å²) in [5.41, 5.74) is 0. The first-order valence-corrected chi connectivity index (χ1v) is 6.31. The van der Waals surface area contributed by atoms with Crippen molar-refractivity contribution in [1.82, 2.24) is 4.90 Å². The van der Waals surface area contributed by atoms with Gasteiger partial charge in [-0.05, 0) is 6.42 Å². The van der Waals surface area contributed by atoms with E-state index in [4.69, 9.17) is 4.74 Å². The Morgan fingerprint density at radius 2 is 1.50 bits per heavy atom. The Morgan fingerprint density at radius 3 is 2.00 bits per heavy atom. The smallest absolute Gasteiger partial charge is 0.409 e. The van der Waals surface area contributed by atoms with Gasteiger partial charge in [-0.1, -0.05) is 51.9 Å². The molecule has 0 fully saturated rings. The summed E-state index contributed by atoms with van der Waals surface area (Å²) in [6.07, 6.45) is 9.36. The lowest BCUT2D eigenvalue weighted by molar-refractivity contribution is 0.116. The molecule has 0 saturated heterocycles. The second-order valence-electron chi connectivity index (χ2n) is 4.34. The lowest BCUT2D eigenvalue weighted by Crippen LogP contribution is -2.23. The molecule has 16 heavy (non-hydrogen) atoms. The molecular weight excluding hydrogens is 202 g/mol. The summed E-state index contributed by atoms with van der Waals surface area (Å²) in [5.74, 6) is 0. The van der Waals surface area contributed by atoms with Crippen molar-refractivity contribution in [2.75, 3.05) is 20.7 Å². The molecule has 0 heterocycles. The SMILES string of the molecule is [CH2]CCCCCCCCCOC(=O)N(C)C. The summed E-state index contributed by atoms with van der Waals surface area (Å²) in [5, 5.41) is 0. The Balaban J connectivity index is 3.07. The van der Waals surface area contributed by atoms with Gasteiger partial charge >= 0.3 is 6.09 Å². The fourth-order valence-corrected chi connectivity index (χ4v) is 1.45. The quantitative estimate of drug-likeness (QED) is 0.564. The minimum absolute atomic E-state index is 0.240. The first kappa shape index (κ1) is 15.3. The van der Waals surface area contributed by atoms with E-state index in [1.165, 1.54) is 37.0 Å². The third-order valence-electron chi connectivity index (χ3n) is 2.49. The Kier molecular flexibility index (Phi) is 10.3. The van der Waals surface area contributed by atoms with Crippen molar-refractivity contribution in [3.63, 3.8) is 0 Å². The van der Waals surface area contributed by atoms with E-state index in [1.807, 2.05) is 0 Å². The predicted molar refractivity (Wildman–Crippen MR) is 67.3 cm³/mol. The Bertz CT molecular complexity index is 169. The Labute approximate surface area is 100 Å². The number of amides is 1. The molecule has 3 heteroatoms. The minimum Gasteiger partial charge on any atom is -0.449 e. The summed E-state index contributed by atoms with van der Waals surface area (Å²) in [6, 6.07) is 0. The largest absolute Gasteiger partial charge is 0.449 e. The maximum absolute atomic E-state index is 11.0. The number of unbranched alkanes of at least 4 members (excludes halogenated alkanes) is 7. The van der Waals surface area contributed by atoms with Crippen molar-refractivity contribution >= 4 is 6.09 Å². The van der Waals surface area contributed by atoms with Gasteiger partial charge in [-0.15, -0.1) is 0 Å². The van der Waals surface area contributed by atoms with Crippen LogP contribution >= 0.6 is 0 Å². The molecule has 0 unspecified atom stereocenters. The number of carbonyl (C=O) groups is 1. The van der Waals surface area contributed by atoms with E-state index in [1.54, 1.807) is 14.1 Å². The summed E-state index contributed by atoms with van der Waals surface area (Å²) in [6.45, 7) is 4.37. The molecule has 0 aliphatic heterocycles. The van der Waals surface area contributed by atoms with Crippen LogP contribution in [0.3, 0.4) is 0 Å². The van der Waals surface area contributed by atoms with E-state index < -0.39 is 0 Å². The van der Waals surface area contributed by atoms with Crippen LogP contribution in [0.5, 0.6) is 0 Å². The molecule has 0 aliphatic rings. The molecule has 0 aromatic heterocycles. The molecule has 0 saturated carbocycles.